The van der Waals surface area contributed by atoms with Crippen LogP contribution in [0.3, 0.4) is 0 Å². The highest BCUT2D eigenvalue weighted by Crippen LogP contribution is 2.40. The predicted molar refractivity (Wildman–Crippen MR) is 104 cm³/mol. The van der Waals surface area contributed by atoms with E-state index >= 15 is 0 Å². The lowest BCUT2D eigenvalue weighted by Gasteiger charge is -2.25. The summed E-state index contributed by atoms with van der Waals surface area (Å²) in [6, 6.07) is 21.2. The maximum atomic E-state index is 12.2. The van der Waals surface area contributed by atoms with Crippen LogP contribution in [0.1, 0.15) is 11.1 Å². The summed E-state index contributed by atoms with van der Waals surface area (Å²) >= 11 is 1.63. The minimum atomic E-state index is -0.276. The number of benzene rings is 2. The van der Waals surface area contributed by atoms with Crippen molar-refractivity contribution >= 4 is 23.8 Å². The quantitative estimate of drug-likeness (QED) is 0.581. The van der Waals surface area contributed by atoms with E-state index in [0.717, 1.165) is 25.5 Å². The van der Waals surface area contributed by atoms with Gasteiger partial charge in [0.25, 0.3) is 0 Å². The molecule has 5 heteroatoms. The fourth-order valence-electron chi connectivity index (χ4n) is 4.07. The van der Waals surface area contributed by atoms with E-state index in [2.05, 4.69) is 46.2 Å². The van der Waals surface area contributed by atoms with Crippen molar-refractivity contribution in [2.45, 2.75) is 30.4 Å². The molecule has 0 amide bonds. The molecule has 134 valence electrons. The van der Waals surface area contributed by atoms with Crippen molar-refractivity contribution in [3.05, 3.63) is 71.8 Å². The fourth-order valence-corrected chi connectivity index (χ4v) is 5.65. The van der Waals surface area contributed by atoms with Gasteiger partial charge in [0.1, 0.15) is 0 Å². The van der Waals surface area contributed by atoms with Gasteiger partial charge in [0, 0.05) is 30.9 Å². The first-order valence-corrected chi connectivity index (χ1v) is 9.98. The van der Waals surface area contributed by atoms with Crippen molar-refractivity contribution in [3.8, 4) is 0 Å². The number of hydrogen-bond donors (Lipinski definition) is 0. The number of fused-ring (bicyclic) bond motifs is 1. The predicted octanol–water partition coefficient (Wildman–Crippen LogP) is 2.58. The van der Waals surface area contributed by atoms with Crippen LogP contribution in [0.25, 0.3) is 0 Å². The Morgan fingerprint density at radius 2 is 1.54 bits per heavy atom. The summed E-state index contributed by atoms with van der Waals surface area (Å²) < 4.78 is 0. The number of rotatable bonds is 6. The highest BCUT2D eigenvalue weighted by Gasteiger charge is 2.50. The number of aldehydes is 1. The van der Waals surface area contributed by atoms with Gasteiger partial charge in [0.05, 0.1) is 11.9 Å². The molecule has 0 bridgehead atoms. The van der Waals surface area contributed by atoms with Crippen LogP contribution in [0, 0.1) is 0 Å². The SMILES string of the molecule is O=CC(=O)C1SC[C@H]2[C@@H]1N(Cc1ccccc1)CN2Cc1ccccc1. The minimum Gasteiger partial charge on any atom is -0.295 e. The maximum absolute atomic E-state index is 12.2. The van der Waals surface area contributed by atoms with Gasteiger partial charge < -0.3 is 0 Å². The lowest BCUT2D eigenvalue weighted by Crippen LogP contribution is -2.43. The van der Waals surface area contributed by atoms with Crippen LogP contribution in [0.2, 0.25) is 0 Å². The van der Waals surface area contributed by atoms with Gasteiger partial charge in [-0.3, -0.25) is 19.4 Å². The van der Waals surface area contributed by atoms with Gasteiger partial charge in [0.2, 0.25) is 5.78 Å². The first kappa shape index (κ1) is 17.5. The zero-order valence-electron chi connectivity index (χ0n) is 14.5. The molecular weight excluding hydrogens is 344 g/mol. The van der Waals surface area contributed by atoms with Crippen molar-refractivity contribution < 1.29 is 9.59 Å². The topological polar surface area (TPSA) is 40.6 Å². The van der Waals surface area contributed by atoms with E-state index < -0.39 is 0 Å². The second kappa shape index (κ2) is 7.74. The van der Waals surface area contributed by atoms with Crippen molar-refractivity contribution in [2.24, 2.45) is 0 Å². The van der Waals surface area contributed by atoms with Gasteiger partial charge in [-0.25, -0.2) is 0 Å². The molecule has 0 aromatic heterocycles. The van der Waals surface area contributed by atoms with Crippen LogP contribution in [0.4, 0.5) is 0 Å². The van der Waals surface area contributed by atoms with E-state index in [1.165, 1.54) is 11.1 Å². The summed E-state index contributed by atoms with van der Waals surface area (Å²) in [6.07, 6.45) is 0.501. The monoisotopic (exact) mass is 366 g/mol. The molecule has 2 aliphatic rings. The average molecular weight is 366 g/mol. The Balaban J connectivity index is 1.57. The number of carbonyl (C=O) groups excluding carboxylic acids is 2. The Bertz CT molecular complexity index is 768. The Kier molecular flexibility index (Phi) is 5.20. The number of hydrogen-bond acceptors (Lipinski definition) is 5. The Morgan fingerprint density at radius 3 is 2.12 bits per heavy atom. The Morgan fingerprint density at radius 1 is 0.962 bits per heavy atom. The number of carbonyl (C=O) groups is 2. The molecule has 4 rings (SSSR count). The standard InChI is InChI=1S/C21H22N2O2S/c24-13-19(25)21-20-18(14-26-21)22(11-16-7-3-1-4-8-16)15-23(20)12-17-9-5-2-6-10-17/h1-10,13,18,20-21H,11-12,14-15H2/t18-,20-,21?/m0/s1. The van der Waals surface area contributed by atoms with E-state index in [1.54, 1.807) is 11.8 Å². The van der Waals surface area contributed by atoms with Gasteiger partial charge in [0.15, 0.2) is 6.29 Å². The summed E-state index contributed by atoms with van der Waals surface area (Å²) in [5.74, 6) is 0.620. The molecule has 2 aliphatic heterocycles. The molecule has 4 nitrogen and oxygen atoms in total. The van der Waals surface area contributed by atoms with Gasteiger partial charge >= 0.3 is 0 Å². The van der Waals surface area contributed by atoms with E-state index in [4.69, 9.17) is 0 Å². The first-order chi connectivity index (χ1) is 12.8. The molecule has 2 fully saturated rings. The molecule has 0 spiro atoms. The highest BCUT2D eigenvalue weighted by molar-refractivity contribution is 8.01. The molecule has 2 aromatic carbocycles. The van der Waals surface area contributed by atoms with Crippen LogP contribution in [0.15, 0.2) is 60.7 Å². The van der Waals surface area contributed by atoms with Crippen LogP contribution >= 0.6 is 11.8 Å². The molecule has 0 N–H and O–H groups in total. The van der Waals surface area contributed by atoms with Crippen molar-refractivity contribution in [1.29, 1.82) is 0 Å². The van der Waals surface area contributed by atoms with E-state index in [-0.39, 0.29) is 17.1 Å². The second-order valence-electron chi connectivity index (χ2n) is 6.94. The molecule has 2 aromatic rings. The zero-order chi connectivity index (χ0) is 17.9. The summed E-state index contributed by atoms with van der Waals surface area (Å²) in [4.78, 5) is 28.1. The van der Waals surface area contributed by atoms with Crippen LogP contribution < -0.4 is 0 Å². The molecule has 0 radical (unpaired) electrons. The van der Waals surface area contributed by atoms with E-state index in [1.807, 2.05) is 24.3 Å². The third-order valence-electron chi connectivity index (χ3n) is 5.26. The first-order valence-electron chi connectivity index (χ1n) is 8.93. The number of ketones is 1. The number of thioether (sulfide) groups is 1. The molecule has 26 heavy (non-hydrogen) atoms. The lowest BCUT2D eigenvalue weighted by atomic mass is 10.0. The summed E-state index contributed by atoms with van der Waals surface area (Å²) in [7, 11) is 0. The normalized spacial score (nSPS) is 25.9. The average Bonchev–Trinajstić information content (AvgIpc) is 3.25. The van der Waals surface area contributed by atoms with Crippen molar-refractivity contribution in [2.75, 3.05) is 12.4 Å². The largest absolute Gasteiger partial charge is 0.295 e. The zero-order valence-corrected chi connectivity index (χ0v) is 15.3. The molecule has 2 heterocycles. The Hall–Kier alpha value is -1.95. The Labute approximate surface area is 158 Å². The molecular formula is C21H22N2O2S. The summed E-state index contributed by atoms with van der Waals surface area (Å²) in [5, 5.41) is -0.248. The van der Waals surface area contributed by atoms with Gasteiger partial charge in [-0.2, -0.15) is 0 Å². The number of nitrogens with zero attached hydrogens (tertiary/aromatic N) is 2. The van der Waals surface area contributed by atoms with Gasteiger partial charge in [-0.05, 0) is 11.1 Å². The van der Waals surface area contributed by atoms with Crippen LogP contribution in [0.5, 0.6) is 0 Å². The number of Topliss-reactive ketones (excluding diaryl/α,β-unsaturated/α-hetero) is 1. The molecule has 1 unspecified atom stereocenters. The van der Waals surface area contributed by atoms with Crippen LogP contribution in [-0.4, -0.2) is 51.6 Å². The molecule has 0 saturated carbocycles. The third-order valence-corrected chi connectivity index (χ3v) is 6.66. The van der Waals surface area contributed by atoms with Crippen molar-refractivity contribution in [1.82, 2.24) is 9.80 Å². The summed E-state index contributed by atoms with van der Waals surface area (Å²) in [5.41, 5.74) is 2.52. The van der Waals surface area contributed by atoms with Crippen molar-refractivity contribution in [3.63, 3.8) is 0 Å². The van der Waals surface area contributed by atoms with Gasteiger partial charge in [-0.1, -0.05) is 60.7 Å². The minimum absolute atomic E-state index is 0.0987. The molecule has 2 saturated heterocycles. The smallest absolute Gasteiger partial charge is 0.209 e. The molecule has 0 aliphatic carbocycles. The van der Waals surface area contributed by atoms with E-state index in [0.29, 0.717) is 12.3 Å². The van der Waals surface area contributed by atoms with Gasteiger partial charge in [-0.15, -0.1) is 11.8 Å². The maximum Gasteiger partial charge on any atom is 0.209 e. The third kappa shape index (κ3) is 3.47. The fraction of sp³-hybridized carbons (Fsp3) is 0.333. The summed E-state index contributed by atoms with van der Waals surface area (Å²) in [6.45, 7) is 2.49. The lowest BCUT2D eigenvalue weighted by molar-refractivity contribution is -0.130. The van der Waals surface area contributed by atoms with Crippen LogP contribution in [-0.2, 0) is 22.7 Å². The second-order valence-corrected chi connectivity index (χ2v) is 8.11. The highest BCUT2D eigenvalue weighted by atomic mass is 32.2. The van der Waals surface area contributed by atoms with E-state index in [9.17, 15) is 9.59 Å². The molecule has 3 atom stereocenters.